The average Bonchev–Trinajstić information content (AvgIpc) is 3.78. The van der Waals surface area contributed by atoms with Gasteiger partial charge in [-0.3, -0.25) is 0 Å². The Morgan fingerprint density at radius 1 is 0.419 bits per heavy atom. The SMILES string of the molecule is C.Cc1cc(-c2ccccc2OC(C)CC(C)Oc2ccccc2-c2cc(C)cc(-n3c4ccccc4c4ccccc43)c2O)c(O)c(-n2c3ccccc3c3ccccc32)c1. The number of phenolic OH excluding ortho intramolecular Hbond substituents is 2. The second-order valence-electron chi connectivity index (χ2n) is 16.2. The van der Waals surface area contributed by atoms with Crippen molar-refractivity contribution < 1.29 is 19.7 Å². The van der Waals surface area contributed by atoms with Gasteiger partial charge in [0.05, 0.1) is 45.6 Å². The lowest BCUT2D eigenvalue weighted by molar-refractivity contribution is 0.131. The third-order valence-corrected chi connectivity index (χ3v) is 11.8. The summed E-state index contributed by atoms with van der Waals surface area (Å²) in [7, 11) is 0. The fourth-order valence-corrected chi connectivity index (χ4v) is 9.22. The highest BCUT2D eigenvalue weighted by Crippen LogP contribution is 2.45. The number of rotatable bonds is 10. The minimum atomic E-state index is -0.235. The quantitative estimate of drug-likeness (QED) is 0.144. The molecule has 10 aromatic rings. The summed E-state index contributed by atoms with van der Waals surface area (Å²) in [5.74, 6) is 1.74. The number of fused-ring (bicyclic) bond motifs is 6. The van der Waals surface area contributed by atoms with Gasteiger partial charge in [-0.2, -0.15) is 0 Å². The summed E-state index contributed by atoms with van der Waals surface area (Å²) in [4.78, 5) is 0. The van der Waals surface area contributed by atoms with Crippen LogP contribution < -0.4 is 9.47 Å². The van der Waals surface area contributed by atoms with Crippen LogP contribution in [-0.2, 0) is 0 Å². The Morgan fingerprint density at radius 3 is 1.08 bits per heavy atom. The van der Waals surface area contributed by atoms with Crippen molar-refractivity contribution in [2.75, 3.05) is 0 Å². The predicted molar refractivity (Wildman–Crippen MR) is 257 cm³/mol. The summed E-state index contributed by atoms with van der Waals surface area (Å²) in [6.45, 7) is 8.22. The third kappa shape index (κ3) is 6.88. The van der Waals surface area contributed by atoms with Crippen LogP contribution in [0.4, 0.5) is 0 Å². The highest BCUT2D eigenvalue weighted by Gasteiger charge is 2.23. The van der Waals surface area contributed by atoms with Gasteiger partial charge >= 0.3 is 0 Å². The number of benzene rings is 8. The number of phenols is 2. The van der Waals surface area contributed by atoms with E-state index in [1.807, 2.05) is 111 Å². The first kappa shape index (κ1) is 40.0. The van der Waals surface area contributed by atoms with Crippen LogP contribution in [0.3, 0.4) is 0 Å². The molecule has 2 N–H and O–H groups in total. The van der Waals surface area contributed by atoms with E-state index in [9.17, 15) is 10.2 Å². The van der Waals surface area contributed by atoms with Gasteiger partial charge in [-0.05, 0) is 99.5 Å². The van der Waals surface area contributed by atoms with E-state index in [2.05, 4.69) is 95.8 Å². The van der Waals surface area contributed by atoms with Gasteiger partial charge in [-0.25, -0.2) is 0 Å². The maximum atomic E-state index is 12.1. The number of hydrogen-bond donors (Lipinski definition) is 2. The van der Waals surface area contributed by atoms with Crippen molar-refractivity contribution in [2.24, 2.45) is 0 Å². The number of hydrogen-bond acceptors (Lipinski definition) is 4. The van der Waals surface area contributed by atoms with Gasteiger partial charge in [0.25, 0.3) is 0 Å². The molecule has 6 heteroatoms. The molecular weight excluding hydrogens is 765 g/mol. The molecule has 2 aromatic heterocycles. The summed E-state index contributed by atoms with van der Waals surface area (Å²) in [6.07, 6.45) is 0.115. The molecule has 0 saturated carbocycles. The maximum absolute atomic E-state index is 12.1. The van der Waals surface area contributed by atoms with Crippen molar-refractivity contribution in [3.05, 3.63) is 181 Å². The Hall–Kier alpha value is -7.44. The molecule has 0 fully saturated rings. The number of aromatic hydroxyl groups is 2. The molecule has 2 heterocycles. The Kier molecular flexibility index (Phi) is 10.5. The first-order chi connectivity index (χ1) is 29.7. The zero-order chi connectivity index (χ0) is 41.8. The van der Waals surface area contributed by atoms with E-state index in [1.54, 1.807) is 0 Å². The van der Waals surface area contributed by atoms with Crippen LogP contribution in [0.15, 0.2) is 170 Å². The molecule has 62 heavy (non-hydrogen) atoms. The van der Waals surface area contributed by atoms with E-state index in [-0.39, 0.29) is 31.1 Å². The molecule has 0 aliphatic carbocycles. The van der Waals surface area contributed by atoms with Crippen LogP contribution in [0, 0.1) is 13.8 Å². The van der Waals surface area contributed by atoms with Crippen molar-refractivity contribution in [3.63, 3.8) is 0 Å². The minimum absolute atomic E-state index is 0. The van der Waals surface area contributed by atoms with E-state index < -0.39 is 0 Å². The van der Waals surface area contributed by atoms with Crippen molar-refractivity contribution >= 4 is 43.6 Å². The van der Waals surface area contributed by atoms with Gasteiger partial charge in [0.15, 0.2) is 0 Å². The molecule has 0 spiro atoms. The van der Waals surface area contributed by atoms with Crippen LogP contribution >= 0.6 is 0 Å². The fourth-order valence-electron chi connectivity index (χ4n) is 9.22. The molecule has 8 aromatic carbocycles. The number of ether oxygens (including phenoxy) is 2. The number of aromatic nitrogens is 2. The standard InChI is InChI=1S/C55H46N2O4.CH4/c1-34-29-44(54(58)50(31-34)56-46-23-11-5-17-38(46)39-18-6-12-24-47(39)56)42-21-9-15-27-52(42)60-36(3)33-37(4)61-53-28-16-10-22-43(53)45-30-35(2)32-51(55(45)59)57-48-25-13-7-19-40(48)41-20-8-14-26-49(41)57;/h5-32,36-37,58-59H,33H2,1-4H3;1H4. The zero-order valence-corrected chi connectivity index (χ0v) is 34.6. The topological polar surface area (TPSA) is 68.8 Å². The van der Waals surface area contributed by atoms with E-state index in [0.29, 0.717) is 29.0 Å². The van der Waals surface area contributed by atoms with Crippen molar-refractivity contribution in [2.45, 2.75) is 53.8 Å². The molecule has 308 valence electrons. The van der Waals surface area contributed by atoms with Crippen LogP contribution in [0.1, 0.15) is 38.8 Å². The Bertz CT molecular complexity index is 2960. The lowest BCUT2D eigenvalue weighted by atomic mass is 9.99. The van der Waals surface area contributed by atoms with Crippen molar-refractivity contribution in [3.8, 4) is 56.6 Å². The van der Waals surface area contributed by atoms with Gasteiger partial charge in [-0.1, -0.05) is 117 Å². The van der Waals surface area contributed by atoms with Crippen molar-refractivity contribution in [1.82, 2.24) is 9.13 Å². The van der Waals surface area contributed by atoms with E-state index >= 15 is 0 Å². The monoisotopic (exact) mass is 814 g/mol. The van der Waals surface area contributed by atoms with E-state index in [4.69, 9.17) is 9.47 Å². The van der Waals surface area contributed by atoms with Gasteiger partial charge in [0.1, 0.15) is 23.0 Å². The largest absolute Gasteiger partial charge is 0.505 e. The van der Waals surface area contributed by atoms with Gasteiger partial charge in [0.2, 0.25) is 0 Å². The molecular formula is C56H50N2O4. The summed E-state index contributed by atoms with van der Waals surface area (Å²) in [5, 5.41) is 28.8. The highest BCUT2D eigenvalue weighted by atomic mass is 16.5. The second-order valence-corrected chi connectivity index (χ2v) is 16.2. The normalized spacial score (nSPS) is 12.5. The van der Waals surface area contributed by atoms with Gasteiger partial charge < -0.3 is 28.8 Å². The number of para-hydroxylation sites is 6. The molecule has 2 unspecified atom stereocenters. The van der Waals surface area contributed by atoms with Crippen LogP contribution in [0.2, 0.25) is 0 Å². The number of aryl methyl sites for hydroxylation is 2. The lowest BCUT2D eigenvalue weighted by Crippen LogP contribution is -2.23. The smallest absolute Gasteiger partial charge is 0.147 e. The van der Waals surface area contributed by atoms with Crippen LogP contribution in [0.25, 0.3) is 77.2 Å². The third-order valence-electron chi connectivity index (χ3n) is 11.8. The Balaban J connectivity index is 0.00000490. The predicted octanol–water partition coefficient (Wildman–Crippen LogP) is 14.5. The summed E-state index contributed by atoms with van der Waals surface area (Å²) >= 11 is 0. The highest BCUT2D eigenvalue weighted by molar-refractivity contribution is 6.10. The van der Waals surface area contributed by atoms with Gasteiger partial charge in [0, 0.05) is 50.2 Å². The second kappa shape index (κ2) is 16.2. The van der Waals surface area contributed by atoms with E-state index in [0.717, 1.165) is 77.2 Å². The molecule has 0 aliphatic rings. The van der Waals surface area contributed by atoms with Crippen LogP contribution in [-0.4, -0.2) is 31.6 Å². The zero-order valence-electron chi connectivity index (χ0n) is 34.6. The molecule has 6 nitrogen and oxygen atoms in total. The molecule has 2 atom stereocenters. The van der Waals surface area contributed by atoms with Crippen LogP contribution in [0.5, 0.6) is 23.0 Å². The number of nitrogens with zero attached hydrogens (tertiary/aromatic N) is 2. The first-order valence-electron chi connectivity index (χ1n) is 20.9. The summed E-state index contributed by atoms with van der Waals surface area (Å²) < 4.78 is 17.7. The summed E-state index contributed by atoms with van der Waals surface area (Å²) in [6, 6.07) is 57.2. The first-order valence-corrected chi connectivity index (χ1v) is 20.9. The average molecular weight is 815 g/mol. The molecule has 10 rings (SSSR count). The van der Waals surface area contributed by atoms with Gasteiger partial charge in [-0.15, -0.1) is 0 Å². The maximum Gasteiger partial charge on any atom is 0.147 e. The molecule has 0 saturated heterocycles. The molecule has 0 radical (unpaired) electrons. The van der Waals surface area contributed by atoms with Crippen molar-refractivity contribution in [1.29, 1.82) is 0 Å². The summed E-state index contributed by atoms with van der Waals surface area (Å²) in [5.41, 5.74) is 10.6. The fraction of sp³-hybridized carbons (Fsp3) is 0.143. The molecule has 0 bridgehead atoms. The van der Waals surface area contributed by atoms with E-state index in [1.165, 1.54) is 0 Å². The Morgan fingerprint density at radius 2 is 0.726 bits per heavy atom. The molecule has 0 aliphatic heterocycles. The Labute approximate surface area is 362 Å². The molecule has 0 amide bonds. The minimum Gasteiger partial charge on any atom is -0.505 e. The lowest BCUT2D eigenvalue weighted by Gasteiger charge is -2.24.